The van der Waals surface area contributed by atoms with Gasteiger partial charge in [0.25, 0.3) is 0 Å². The van der Waals surface area contributed by atoms with Crippen LogP contribution in [0.1, 0.15) is 17.0 Å². The van der Waals surface area contributed by atoms with Crippen LogP contribution in [0.4, 0.5) is 0 Å². The van der Waals surface area contributed by atoms with Crippen molar-refractivity contribution in [2.75, 3.05) is 7.11 Å². The minimum absolute atomic E-state index is 0.0443. The number of phenolic OH excluding ortho intramolecular Hbond substituents is 1. The minimum Gasteiger partial charge on any atom is -0.504 e. The second kappa shape index (κ2) is 6.10. The second-order valence-corrected chi connectivity index (χ2v) is 4.51. The molecule has 0 fully saturated rings. The molecule has 1 atom stereocenters. The standard InChI is InChI=1S/C16H16O4/c1-20-15-10-11(7-8-14(15)17)9-13(16(18)19)12-5-3-2-4-6-12/h2-8,10,13,17H,9H2,1H3,(H,18,19). The summed E-state index contributed by atoms with van der Waals surface area (Å²) in [5, 5.41) is 18.9. The highest BCUT2D eigenvalue weighted by Gasteiger charge is 2.20. The molecule has 2 aromatic carbocycles. The molecule has 1 unspecified atom stereocenters. The highest BCUT2D eigenvalue weighted by molar-refractivity contribution is 5.76. The first-order valence-electron chi connectivity index (χ1n) is 6.25. The van der Waals surface area contributed by atoms with E-state index in [1.807, 2.05) is 18.2 Å². The van der Waals surface area contributed by atoms with E-state index in [1.165, 1.54) is 13.2 Å². The van der Waals surface area contributed by atoms with Gasteiger partial charge in [-0.05, 0) is 29.7 Å². The van der Waals surface area contributed by atoms with Crippen LogP contribution in [0.25, 0.3) is 0 Å². The first kappa shape index (κ1) is 13.9. The molecule has 104 valence electrons. The molecule has 0 saturated carbocycles. The van der Waals surface area contributed by atoms with E-state index < -0.39 is 11.9 Å². The number of carbonyl (C=O) groups is 1. The van der Waals surface area contributed by atoms with Gasteiger partial charge in [0.15, 0.2) is 11.5 Å². The molecule has 2 rings (SSSR count). The predicted octanol–water partition coefficient (Wildman–Crippen LogP) is 2.81. The van der Waals surface area contributed by atoms with Crippen molar-refractivity contribution >= 4 is 5.97 Å². The van der Waals surface area contributed by atoms with Gasteiger partial charge in [-0.3, -0.25) is 4.79 Å². The topological polar surface area (TPSA) is 66.8 Å². The predicted molar refractivity (Wildman–Crippen MR) is 75.2 cm³/mol. The summed E-state index contributed by atoms with van der Waals surface area (Å²) in [5.74, 6) is -1.10. The first-order valence-corrected chi connectivity index (χ1v) is 6.25. The fourth-order valence-corrected chi connectivity index (χ4v) is 2.12. The third-order valence-electron chi connectivity index (χ3n) is 3.18. The van der Waals surface area contributed by atoms with Crippen molar-refractivity contribution < 1.29 is 19.7 Å². The van der Waals surface area contributed by atoms with Crippen LogP contribution in [0.2, 0.25) is 0 Å². The monoisotopic (exact) mass is 272 g/mol. The van der Waals surface area contributed by atoms with Gasteiger partial charge < -0.3 is 14.9 Å². The SMILES string of the molecule is COc1cc(CC(C(=O)O)c2ccccc2)ccc1O. The molecule has 0 aromatic heterocycles. The second-order valence-electron chi connectivity index (χ2n) is 4.51. The van der Waals surface area contributed by atoms with Gasteiger partial charge in [0.1, 0.15) is 0 Å². The van der Waals surface area contributed by atoms with Crippen molar-refractivity contribution in [1.29, 1.82) is 0 Å². The fraction of sp³-hybridized carbons (Fsp3) is 0.188. The molecular weight excluding hydrogens is 256 g/mol. The Morgan fingerprint density at radius 3 is 2.50 bits per heavy atom. The van der Waals surface area contributed by atoms with E-state index in [0.29, 0.717) is 12.2 Å². The maximum Gasteiger partial charge on any atom is 0.311 e. The Kier molecular flexibility index (Phi) is 4.25. The van der Waals surface area contributed by atoms with Crippen LogP contribution in [0, 0.1) is 0 Å². The lowest BCUT2D eigenvalue weighted by Crippen LogP contribution is -2.14. The Labute approximate surface area is 117 Å². The summed E-state index contributed by atoms with van der Waals surface area (Å²) >= 11 is 0. The van der Waals surface area contributed by atoms with E-state index >= 15 is 0 Å². The Hall–Kier alpha value is -2.49. The van der Waals surface area contributed by atoms with Crippen LogP contribution in [0.3, 0.4) is 0 Å². The summed E-state index contributed by atoms with van der Waals surface area (Å²) in [6.07, 6.45) is 0.343. The van der Waals surface area contributed by atoms with Gasteiger partial charge in [-0.15, -0.1) is 0 Å². The zero-order valence-electron chi connectivity index (χ0n) is 11.1. The van der Waals surface area contributed by atoms with Gasteiger partial charge in [-0.25, -0.2) is 0 Å². The summed E-state index contributed by atoms with van der Waals surface area (Å²) in [7, 11) is 1.46. The molecule has 0 radical (unpaired) electrons. The van der Waals surface area contributed by atoms with Crippen LogP contribution >= 0.6 is 0 Å². The average Bonchev–Trinajstić information content (AvgIpc) is 2.47. The van der Waals surface area contributed by atoms with Crippen LogP contribution in [-0.4, -0.2) is 23.3 Å². The maximum atomic E-state index is 11.4. The minimum atomic E-state index is -0.872. The average molecular weight is 272 g/mol. The molecule has 0 heterocycles. The van der Waals surface area contributed by atoms with Gasteiger partial charge in [0.05, 0.1) is 13.0 Å². The van der Waals surface area contributed by atoms with Crippen LogP contribution < -0.4 is 4.74 Å². The molecule has 0 bridgehead atoms. The summed E-state index contributed by atoms with van der Waals surface area (Å²) in [6, 6.07) is 14.0. The van der Waals surface area contributed by atoms with Crippen molar-refractivity contribution in [3.63, 3.8) is 0 Å². The molecule has 0 aliphatic heterocycles. The summed E-state index contributed by atoms with van der Waals surface area (Å²) in [6.45, 7) is 0. The number of hydrogen-bond donors (Lipinski definition) is 2. The number of hydrogen-bond acceptors (Lipinski definition) is 3. The normalized spacial score (nSPS) is 11.8. The summed E-state index contributed by atoms with van der Waals surface area (Å²) < 4.78 is 5.04. The highest BCUT2D eigenvalue weighted by atomic mass is 16.5. The smallest absolute Gasteiger partial charge is 0.311 e. The summed E-state index contributed by atoms with van der Waals surface area (Å²) in [5.41, 5.74) is 1.56. The van der Waals surface area contributed by atoms with Crippen molar-refractivity contribution in [1.82, 2.24) is 0 Å². The van der Waals surface area contributed by atoms with E-state index in [9.17, 15) is 15.0 Å². The summed E-state index contributed by atoms with van der Waals surface area (Å²) in [4.78, 5) is 11.4. The number of aromatic hydroxyl groups is 1. The fourth-order valence-electron chi connectivity index (χ4n) is 2.12. The van der Waals surface area contributed by atoms with Gasteiger partial charge >= 0.3 is 5.97 Å². The van der Waals surface area contributed by atoms with E-state index in [-0.39, 0.29) is 5.75 Å². The van der Waals surface area contributed by atoms with Gasteiger partial charge in [0, 0.05) is 0 Å². The number of carboxylic acid groups (broad SMARTS) is 1. The van der Waals surface area contributed by atoms with E-state index in [0.717, 1.165) is 11.1 Å². The van der Waals surface area contributed by atoms with E-state index in [2.05, 4.69) is 0 Å². The van der Waals surface area contributed by atoms with E-state index in [1.54, 1.807) is 24.3 Å². The van der Waals surface area contributed by atoms with Crippen molar-refractivity contribution in [2.24, 2.45) is 0 Å². The lowest BCUT2D eigenvalue weighted by atomic mass is 9.92. The lowest BCUT2D eigenvalue weighted by Gasteiger charge is -2.14. The molecule has 0 aliphatic carbocycles. The van der Waals surface area contributed by atoms with Gasteiger partial charge in [-0.2, -0.15) is 0 Å². The number of benzene rings is 2. The maximum absolute atomic E-state index is 11.4. The molecule has 4 nitrogen and oxygen atoms in total. The lowest BCUT2D eigenvalue weighted by molar-refractivity contribution is -0.138. The Morgan fingerprint density at radius 2 is 1.90 bits per heavy atom. The molecular formula is C16H16O4. The quantitative estimate of drug-likeness (QED) is 0.878. The van der Waals surface area contributed by atoms with Crippen LogP contribution in [-0.2, 0) is 11.2 Å². The highest BCUT2D eigenvalue weighted by Crippen LogP contribution is 2.29. The van der Waals surface area contributed by atoms with Crippen LogP contribution in [0.5, 0.6) is 11.5 Å². The number of phenols is 1. The number of aliphatic carboxylic acids is 1. The van der Waals surface area contributed by atoms with Crippen LogP contribution in [0.15, 0.2) is 48.5 Å². The zero-order chi connectivity index (χ0) is 14.5. The first-order chi connectivity index (χ1) is 9.61. The number of methoxy groups -OCH3 is 1. The van der Waals surface area contributed by atoms with Crippen molar-refractivity contribution in [3.8, 4) is 11.5 Å². The number of ether oxygens (including phenoxy) is 1. The number of rotatable bonds is 5. The molecule has 0 aliphatic rings. The third-order valence-corrected chi connectivity index (χ3v) is 3.18. The molecule has 2 N–H and O–H groups in total. The Bertz CT molecular complexity index is 593. The van der Waals surface area contributed by atoms with Crippen molar-refractivity contribution in [3.05, 3.63) is 59.7 Å². The molecule has 2 aromatic rings. The molecule has 4 heteroatoms. The largest absolute Gasteiger partial charge is 0.504 e. The third kappa shape index (κ3) is 3.09. The number of carboxylic acids is 1. The zero-order valence-corrected chi connectivity index (χ0v) is 11.1. The molecule has 0 spiro atoms. The Balaban J connectivity index is 2.27. The Morgan fingerprint density at radius 1 is 1.20 bits per heavy atom. The van der Waals surface area contributed by atoms with Gasteiger partial charge in [0.2, 0.25) is 0 Å². The molecule has 20 heavy (non-hydrogen) atoms. The van der Waals surface area contributed by atoms with Crippen molar-refractivity contribution in [2.45, 2.75) is 12.3 Å². The van der Waals surface area contributed by atoms with E-state index in [4.69, 9.17) is 4.74 Å². The van der Waals surface area contributed by atoms with Gasteiger partial charge in [-0.1, -0.05) is 36.4 Å². The molecule has 0 amide bonds. The molecule has 0 saturated heterocycles.